The molecule has 0 aromatic heterocycles. The molecule has 0 spiro atoms. The summed E-state index contributed by atoms with van der Waals surface area (Å²) in [6.45, 7) is 7.17. The summed E-state index contributed by atoms with van der Waals surface area (Å²) in [4.78, 5) is 50.6. The quantitative estimate of drug-likeness (QED) is 0.373. The molecule has 0 saturated heterocycles. The predicted molar refractivity (Wildman–Crippen MR) is 152 cm³/mol. The van der Waals surface area contributed by atoms with Gasteiger partial charge in [-0.2, -0.15) is 0 Å². The number of allylic oxidation sites excluding steroid dienone is 5. The fourth-order valence-electron chi connectivity index (χ4n) is 5.21. The first-order chi connectivity index (χ1) is 19.4. The van der Waals surface area contributed by atoms with E-state index in [0.717, 1.165) is 6.08 Å². The molecule has 2 rings (SSSR count). The van der Waals surface area contributed by atoms with Crippen LogP contribution in [0.3, 0.4) is 0 Å². The molecule has 226 valence electrons. The van der Waals surface area contributed by atoms with Gasteiger partial charge in [0, 0.05) is 51.6 Å². The second kappa shape index (κ2) is 15.6. The van der Waals surface area contributed by atoms with Crippen molar-refractivity contribution in [1.82, 2.24) is 5.32 Å². The maximum Gasteiger partial charge on any atom is 0.405 e. The van der Waals surface area contributed by atoms with Gasteiger partial charge in [0.05, 0.1) is 24.0 Å². The van der Waals surface area contributed by atoms with Gasteiger partial charge in [0.25, 0.3) is 5.91 Å². The van der Waals surface area contributed by atoms with E-state index in [1.807, 2.05) is 19.9 Å². The highest BCUT2D eigenvalue weighted by Crippen LogP contribution is 2.30. The van der Waals surface area contributed by atoms with Crippen LogP contribution in [-0.2, 0) is 38.1 Å². The molecule has 7 atom stereocenters. The molecule has 1 heterocycles. The topological polar surface area (TPSA) is 152 Å². The summed E-state index contributed by atoms with van der Waals surface area (Å²) in [7, 11) is 6.05. The van der Waals surface area contributed by atoms with E-state index in [9.17, 15) is 19.2 Å². The Labute approximate surface area is 241 Å². The van der Waals surface area contributed by atoms with Gasteiger partial charge in [0.1, 0.15) is 6.10 Å². The summed E-state index contributed by atoms with van der Waals surface area (Å²) in [5.74, 6) is -2.04. The first-order valence-electron chi connectivity index (χ1n) is 13.3. The Morgan fingerprint density at radius 2 is 1.63 bits per heavy atom. The van der Waals surface area contributed by atoms with Crippen LogP contribution in [0.25, 0.3) is 0 Å². The number of amides is 2. The Hall–Kier alpha value is -3.38. The molecule has 11 nitrogen and oxygen atoms in total. The zero-order chi connectivity index (χ0) is 30.9. The number of carbonyl (C=O) groups excluding carboxylic acids is 4. The second-order valence-electron chi connectivity index (χ2n) is 10.2. The third kappa shape index (κ3) is 8.80. The SMILES string of the molecule is COC1/C=C\C=C(\C)C(=O)NC2=CC(=O)C=C(C2=O)C(OC)C(C)CC(OC)C(OC)C(C)/C=C(/C)C1OC(N)=O. The molecule has 7 unspecified atom stereocenters. The van der Waals surface area contributed by atoms with E-state index in [1.54, 1.807) is 40.2 Å². The van der Waals surface area contributed by atoms with E-state index in [4.69, 9.17) is 29.4 Å². The molecule has 11 heteroatoms. The minimum atomic E-state index is -0.972. The third-order valence-electron chi connectivity index (χ3n) is 7.27. The highest BCUT2D eigenvalue weighted by molar-refractivity contribution is 6.22. The number of hydrogen-bond acceptors (Lipinski definition) is 9. The lowest BCUT2D eigenvalue weighted by atomic mass is 9.84. The van der Waals surface area contributed by atoms with Gasteiger partial charge in [0.15, 0.2) is 11.9 Å². The molecule has 0 aromatic rings. The van der Waals surface area contributed by atoms with Crippen LogP contribution in [0.4, 0.5) is 4.79 Å². The summed E-state index contributed by atoms with van der Waals surface area (Å²) in [6, 6.07) is 0. The normalized spacial score (nSPS) is 33.9. The van der Waals surface area contributed by atoms with Crippen LogP contribution in [0.2, 0.25) is 0 Å². The van der Waals surface area contributed by atoms with Gasteiger partial charge in [0.2, 0.25) is 5.78 Å². The van der Waals surface area contributed by atoms with Crippen molar-refractivity contribution in [3.05, 3.63) is 58.9 Å². The van der Waals surface area contributed by atoms with Crippen molar-refractivity contribution in [3.63, 3.8) is 0 Å². The number of methoxy groups -OCH3 is 4. The van der Waals surface area contributed by atoms with Crippen molar-refractivity contribution in [2.75, 3.05) is 28.4 Å². The number of hydrogen-bond donors (Lipinski definition) is 2. The Kier molecular flexibility index (Phi) is 12.8. The molecular formula is C30H42N2O9. The molecule has 0 fully saturated rings. The van der Waals surface area contributed by atoms with E-state index in [2.05, 4.69) is 5.32 Å². The van der Waals surface area contributed by atoms with Crippen molar-refractivity contribution in [3.8, 4) is 0 Å². The van der Waals surface area contributed by atoms with E-state index < -0.39 is 54.1 Å². The fraction of sp³-hybridized carbons (Fsp3) is 0.533. The van der Waals surface area contributed by atoms with Crippen LogP contribution >= 0.6 is 0 Å². The van der Waals surface area contributed by atoms with Gasteiger partial charge < -0.3 is 34.7 Å². The van der Waals surface area contributed by atoms with Crippen molar-refractivity contribution in [2.24, 2.45) is 17.6 Å². The number of ketones is 2. The van der Waals surface area contributed by atoms with Gasteiger partial charge in [-0.3, -0.25) is 14.4 Å². The minimum absolute atomic E-state index is 0.141. The van der Waals surface area contributed by atoms with Gasteiger partial charge in [-0.05, 0) is 37.8 Å². The molecule has 0 aromatic carbocycles. The van der Waals surface area contributed by atoms with Crippen molar-refractivity contribution in [2.45, 2.75) is 64.6 Å². The van der Waals surface area contributed by atoms with E-state index in [1.165, 1.54) is 26.4 Å². The lowest BCUT2D eigenvalue weighted by Gasteiger charge is -2.34. The number of ether oxygens (including phenoxy) is 5. The number of rotatable bonds is 5. The van der Waals surface area contributed by atoms with E-state index >= 15 is 0 Å². The zero-order valence-electron chi connectivity index (χ0n) is 25.0. The first-order valence-corrected chi connectivity index (χ1v) is 13.3. The Morgan fingerprint density at radius 1 is 0.951 bits per heavy atom. The molecule has 41 heavy (non-hydrogen) atoms. The Balaban J connectivity index is 2.66. The lowest BCUT2D eigenvalue weighted by Crippen LogP contribution is -2.41. The second-order valence-corrected chi connectivity index (χ2v) is 10.2. The average Bonchev–Trinajstić information content (AvgIpc) is 2.91. The fourth-order valence-corrected chi connectivity index (χ4v) is 5.21. The summed E-state index contributed by atoms with van der Waals surface area (Å²) >= 11 is 0. The van der Waals surface area contributed by atoms with Gasteiger partial charge in [-0.25, -0.2) is 4.79 Å². The van der Waals surface area contributed by atoms with Crippen LogP contribution in [-0.4, -0.2) is 82.5 Å². The van der Waals surface area contributed by atoms with E-state index in [0.29, 0.717) is 12.0 Å². The average molecular weight is 575 g/mol. The van der Waals surface area contributed by atoms with Gasteiger partial charge >= 0.3 is 6.09 Å². The molecule has 2 aliphatic rings. The van der Waals surface area contributed by atoms with Crippen LogP contribution in [0.15, 0.2) is 58.9 Å². The van der Waals surface area contributed by atoms with E-state index in [-0.39, 0.29) is 28.7 Å². The Bertz CT molecular complexity index is 1150. The number of nitrogens with two attached hydrogens (primary N) is 1. The largest absolute Gasteiger partial charge is 0.439 e. The minimum Gasteiger partial charge on any atom is -0.439 e. The summed E-state index contributed by atoms with van der Waals surface area (Å²) in [5.41, 5.74) is 6.29. The number of Topliss-reactive ketones (excluding diaryl/α,β-unsaturated/α-hetero) is 1. The summed E-state index contributed by atoms with van der Waals surface area (Å²) in [6.07, 6.45) is 5.11. The predicted octanol–water partition coefficient (Wildman–Crippen LogP) is 2.71. The number of nitrogens with one attached hydrogen (secondary N) is 1. The molecule has 3 N–H and O–H groups in total. The summed E-state index contributed by atoms with van der Waals surface area (Å²) < 4.78 is 28.4. The number of primary amides is 1. The number of carbonyl (C=O) groups is 4. The first kappa shape index (κ1) is 33.8. The molecule has 1 aliphatic heterocycles. The van der Waals surface area contributed by atoms with Gasteiger partial charge in [-0.1, -0.05) is 38.2 Å². The smallest absolute Gasteiger partial charge is 0.405 e. The molecule has 1 aliphatic carbocycles. The van der Waals surface area contributed by atoms with Crippen LogP contribution in [0, 0.1) is 11.8 Å². The van der Waals surface area contributed by atoms with Crippen molar-refractivity contribution in [1.29, 1.82) is 0 Å². The summed E-state index contributed by atoms with van der Waals surface area (Å²) in [5, 5.41) is 2.54. The molecule has 2 bridgehead atoms. The van der Waals surface area contributed by atoms with Gasteiger partial charge in [-0.15, -0.1) is 0 Å². The standard InChI is InChI=1S/C30H42N2O9/c1-16-10-9-11-23(37-5)28(41-30(31)36)18(3)12-17(2)27(40-8)24(38-6)13-19(4)26(39-7)21-14-20(33)15-22(25(21)34)32-29(16)35/h9-12,14-15,17,19,23-24,26-28H,13H2,1-8H3,(H2,31,36)(H,32,35)/b11-9-,16-10-,18-12-. The monoisotopic (exact) mass is 574 g/mol. The van der Waals surface area contributed by atoms with Crippen LogP contribution < -0.4 is 11.1 Å². The highest BCUT2D eigenvalue weighted by Gasteiger charge is 2.36. The maximum absolute atomic E-state index is 13.4. The highest BCUT2D eigenvalue weighted by atomic mass is 16.6. The maximum atomic E-state index is 13.4. The molecule has 0 saturated carbocycles. The third-order valence-corrected chi connectivity index (χ3v) is 7.27. The number of fused-ring (bicyclic) bond motifs is 2. The lowest BCUT2D eigenvalue weighted by molar-refractivity contribution is -0.120. The van der Waals surface area contributed by atoms with Crippen molar-refractivity contribution < 1.29 is 42.9 Å². The van der Waals surface area contributed by atoms with Crippen LogP contribution in [0.1, 0.15) is 34.1 Å². The molecule has 0 radical (unpaired) electrons. The zero-order valence-corrected chi connectivity index (χ0v) is 25.0. The van der Waals surface area contributed by atoms with Crippen molar-refractivity contribution >= 4 is 23.6 Å². The Morgan fingerprint density at radius 3 is 2.20 bits per heavy atom. The van der Waals surface area contributed by atoms with Crippen LogP contribution in [0.5, 0.6) is 0 Å². The molecule has 2 amide bonds. The molecular weight excluding hydrogens is 532 g/mol.